The molecule has 0 saturated carbocycles. The standard InChI is InChI=1S/C18H24N2O/c1-14-12-16-6-3-4-7-17(16)20(13-14)10-9-19-15(2)18-8-5-11-21-18/h3-8,11,14-15,19H,9-10,12-13H2,1-2H3. The van der Waals surface area contributed by atoms with Crippen molar-refractivity contribution >= 4 is 5.69 Å². The minimum absolute atomic E-state index is 0.262. The van der Waals surface area contributed by atoms with Crippen LogP contribution in [0.3, 0.4) is 0 Å². The van der Waals surface area contributed by atoms with Crippen molar-refractivity contribution in [1.29, 1.82) is 0 Å². The molecule has 0 saturated heterocycles. The first-order valence-electron chi connectivity index (χ1n) is 7.83. The number of anilines is 1. The van der Waals surface area contributed by atoms with E-state index >= 15 is 0 Å². The largest absolute Gasteiger partial charge is 0.468 e. The maximum Gasteiger partial charge on any atom is 0.120 e. The number of nitrogens with zero attached hydrogens (tertiary/aromatic N) is 1. The summed E-state index contributed by atoms with van der Waals surface area (Å²) in [4.78, 5) is 2.51. The first kappa shape index (κ1) is 14.2. The van der Waals surface area contributed by atoms with Crippen LogP contribution < -0.4 is 10.2 Å². The summed E-state index contributed by atoms with van der Waals surface area (Å²) in [7, 11) is 0. The smallest absolute Gasteiger partial charge is 0.120 e. The van der Waals surface area contributed by atoms with Crippen LogP contribution in [-0.4, -0.2) is 19.6 Å². The van der Waals surface area contributed by atoms with Crippen molar-refractivity contribution in [3.8, 4) is 0 Å². The molecule has 3 nitrogen and oxygen atoms in total. The van der Waals surface area contributed by atoms with Crippen molar-refractivity contribution < 1.29 is 4.42 Å². The third-order valence-electron chi connectivity index (χ3n) is 4.23. The molecule has 1 aliphatic heterocycles. The summed E-state index contributed by atoms with van der Waals surface area (Å²) in [6.07, 6.45) is 2.93. The Morgan fingerprint density at radius 1 is 1.29 bits per heavy atom. The molecule has 2 aromatic rings. The number of benzene rings is 1. The van der Waals surface area contributed by atoms with E-state index in [2.05, 4.69) is 48.3 Å². The third kappa shape index (κ3) is 3.30. The Balaban J connectivity index is 1.58. The number of hydrogen-bond donors (Lipinski definition) is 1. The average molecular weight is 284 g/mol. The molecule has 1 N–H and O–H groups in total. The molecule has 0 fully saturated rings. The van der Waals surface area contributed by atoms with Crippen LogP contribution in [0.25, 0.3) is 0 Å². The van der Waals surface area contributed by atoms with E-state index in [-0.39, 0.29) is 6.04 Å². The monoisotopic (exact) mass is 284 g/mol. The molecule has 112 valence electrons. The van der Waals surface area contributed by atoms with Gasteiger partial charge in [0.05, 0.1) is 12.3 Å². The minimum Gasteiger partial charge on any atom is -0.468 e. The zero-order valence-corrected chi connectivity index (χ0v) is 12.9. The highest BCUT2D eigenvalue weighted by molar-refractivity contribution is 5.55. The number of nitrogens with one attached hydrogen (secondary N) is 1. The van der Waals surface area contributed by atoms with Crippen LogP contribution in [0.2, 0.25) is 0 Å². The lowest BCUT2D eigenvalue weighted by Gasteiger charge is -2.35. The highest BCUT2D eigenvalue weighted by Crippen LogP contribution is 2.28. The molecular formula is C18H24N2O. The summed E-state index contributed by atoms with van der Waals surface area (Å²) < 4.78 is 5.44. The van der Waals surface area contributed by atoms with Crippen molar-refractivity contribution in [1.82, 2.24) is 5.32 Å². The molecule has 0 amide bonds. The second kappa shape index (κ2) is 6.35. The van der Waals surface area contributed by atoms with E-state index in [1.807, 2.05) is 12.1 Å². The fourth-order valence-corrected chi connectivity index (χ4v) is 3.17. The molecule has 2 heterocycles. The van der Waals surface area contributed by atoms with E-state index in [1.54, 1.807) is 6.26 Å². The van der Waals surface area contributed by atoms with Gasteiger partial charge in [0.15, 0.2) is 0 Å². The highest BCUT2D eigenvalue weighted by atomic mass is 16.3. The molecule has 0 bridgehead atoms. The van der Waals surface area contributed by atoms with Crippen LogP contribution >= 0.6 is 0 Å². The Labute approximate surface area is 127 Å². The fourth-order valence-electron chi connectivity index (χ4n) is 3.17. The predicted molar refractivity (Wildman–Crippen MR) is 86.6 cm³/mol. The van der Waals surface area contributed by atoms with Gasteiger partial charge in [-0.2, -0.15) is 0 Å². The van der Waals surface area contributed by atoms with Gasteiger partial charge in [-0.15, -0.1) is 0 Å². The fraction of sp³-hybridized carbons (Fsp3) is 0.444. The van der Waals surface area contributed by atoms with Crippen molar-refractivity contribution in [2.24, 2.45) is 5.92 Å². The molecule has 0 radical (unpaired) electrons. The Bertz CT molecular complexity index is 564. The van der Waals surface area contributed by atoms with Crippen LogP contribution in [0.5, 0.6) is 0 Å². The first-order valence-corrected chi connectivity index (χ1v) is 7.83. The van der Waals surface area contributed by atoms with Gasteiger partial charge in [-0.25, -0.2) is 0 Å². The van der Waals surface area contributed by atoms with E-state index < -0.39 is 0 Å². The number of para-hydroxylation sites is 1. The number of hydrogen-bond acceptors (Lipinski definition) is 3. The van der Waals surface area contributed by atoms with Gasteiger partial charge in [-0.1, -0.05) is 25.1 Å². The third-order valence-corrected chi connectivity index (χ3v) is 4.23. The molecule has 0 aliphatic carbocycles. The average Bonchev–Trinajstić information content (AvgIpc) is 3.01. The topological polar surface area (TPSA) is 28.4 Å². The molecule has 21 heavy (non-hydrogen) atoms. The second-order valence-electron chi connectivity index (χ2n) is 6.08. The Hall–Kier alpha value is -1.74. The van der Waals surface area contributed by atoms with Crippen molar-refractivity contribution in [2.45, 2.75) is 26.3 Å². The zero-order chi connectivity index (χ0) is 14.7. The van der Waals surface area contributed by atoms with Gasteiger partial charge in [0.25, 0.3) is 0 Å². The van der Waals surface area contributed by atoms with Gasteiger partial charge in [0.2, 0.25) is 0 Å². The van der Waals surface area contributed by atoms with E-state index in [4.69, 9.17) is 4.42 Å². The van der Waals surface area contributed by atoms with Crippen LogP contribution in [-0.2, 0) is 6.42 Å². The molecule has 3 rings (SSSR count). The lowest BCUT2D eigenvalue weighted by atomic mass is 9.94. The number of rotatable bonds is 5. The minimum atomic E-state index is 0.262. The first-order chi connectivity index (χ1) is 10.2. The molecule has 0 spiro atoms. The molecule has 1 aromatic carbocycles. The predicted octanol–water partition coefficient (Wildman–Crippen LogP) is 3.63. The van der Waals surface area contributed by atoms with Gasteiger partial charge in [-0.05, 0) is 43.0 Å². The quantitative estimate of drug-likeness (QED) is 0.909. The lowest BCUT2D eigenvalue weighted by molar-refractivity contribution is 0.429. The van der Waals surface area contributed by atoms with Crippen LogP contribution in [0.15, 0.2) is 47.1 Å². The lowest BCUT2D eigenvalue weighted by Crippen LogP contribution is -2.39. The van der Waals surface area contributed by atoms with Gasteiger partial charge in [0.1, 0.15) is 5.76 Å². The summed E-state index contributed by atoms with van der Waals surface area (Å²) in [5.41, 5.74) is 2.89. The second-order valence-corrected chi connectivity index (χ2v) is 6.08. The van der Waals surface area contributed by atoms with E-state index in [9.17, 15) is 0 Å². The van der Waals surface area contributed by atoms with Crippen molar-refractivity contribution in [2.75, 3.05) is 24.5 Å². The van der Waals surface area contributed by atoms with Crippen molar-refractivity contribution in [3.05, 3.63) is 54.0 Å². The van der Waals surface area contributed by atoms with Crippen molar-refractivity contribution in [3.63, 3.8) is 0 Å². The number of fused-ring (bicyclic) bond motifs is 1. The highest BCUT2D eigenvalue weighted by Gasteiger charge is 2.21. The SMILES string of the molecule is CC1Cc2ccccc2N(CCNC(C)c2ccco2)C1. The normalized spacial score (nSPS) is 19.3. The molecule has 2 atom stereocenters. The molecule has 1 aromatic heterocycles. The van der Waals surface area contributed by atoms with E-state index in [1.165, 1.54) is 17.7 Å². The van der Waals surface area contributed by atoms with E-state index in [0.29, 0.717) is 0 Å². The molecule has 3 heteroatoms. The van der Waals surface area contributed by atoms with Gasteiger partial charge in [0, 0.05) is 25.3 Å². The molecular weight excluding hydrogens is 260 g/mol. The molecule has 2 unspecified atom stereocenters. The Kier molecular flexibility index (Phi) is 4.30. The van der Waals surface area contributed by atoms with Crippen LogP contribution in [0.1, 0.15) is 31.2 Å². The molecule has 1 aliphatic rings. The summed E-state index contributed by atoms with van der Waals surface area (Å²) >= 11 is 0. The maximum atomic E-state index is 5.44. The Morgan fingerprint density at radius 2 is 2.14 bits per heavy atom. The van der Waals surface area contributed by atoms with Gasteiger partial charge >= 0.3 is 0 Å². The summed E-state index contributed by atoms with van der Waals surface area (Å²) in [5, 5.41) is 3.54. The summed E-state index contributed by atoms with van der Waals surface area (Å²) in [6.45, 7) is 7.62. The Morgan fingerprint density at radius 3 is 2.95 bits per heavy atom. The van der Waals surface area contributed by atoms with Gasteiger partial charge < -0.3 is 14.6 Å². The van der Waals surface area contributed by atoms with Crippen LogP contribution in [0, 0.1) is 5.92 Å². The van der Waals surface area contributed by atoms with Gasteiger partial charge in [-0.3, -0.25) is 0 Å². The summed E-state index contributed by atoms with van der Waals surface area (Å²) in [5.74, 6) is 1.73. The summed E-state index contributed by atoms with van der Waals surface area (Å²) in [6, 6.07) is 13.0. The van der Waals surface area contributed by atoms with E-state index in [0.717, 1.165) is 31.3 Å². The zero-order valence-electron chi connectivity index (χ0n) is 12.9. The maximum absolute atomic E-state index is 5.44. The number of furan rings is 1. The van der Waals surface area contributed by atoms with Crippen LogP contribution in [0.4, 0.5) is 5.69 Å².